The van der Waals surface area contributed by atoms with Gasteiger partial charge in [-0.25, -0.2) is 9.59 Å². The molecule has 5 nitrogen and oxygen atoms in total. The molecule has 2 N–H and O–H groups in total. The van der Waals surface area contributed by atoms with Gasteiger partial charge in [-0.3, -0.25) is 0 Å². The van der Waals surface area contributed by atoms with E-state index in [1.54, 1.807) is 4.90 Å². The van der Waals surface area contributed by atoms with Gasteiger partial charge in [0.05, 0.1) is 0 Å². The zero-order valence-corrected chi connectivity index (χ0v) is 10.6. The molecule has 1 aliphatic rings. The van der Waals surface area contributed by atoms with Crippen molar-refractivity contribution in [2.45, 2.75) is 58.0 Å². The molecular weight excluding hydrogens is 220 g/mol. The number of nitrogens with zero attached hydrogens (tertiary/aromatic N) is 1. The molecule has 1 rings (SSSR count). The van der Waals surface area contributed by atoms with Crippen molar-refractivity contribution in [1.82, 2.24) is 10.2 Å². The summed E-state index contributed by atoms with van der Waals surface area (Å²) < 4.78 is 0. The molecule has 17 heavy (non-hydrogen) atoms. The number of carbonyl (C=O) groups excluding carboxylic acids is 1. The van der Waals surface area contributed by atoms with Crippen LogP contribution in [0.5, 0.6) is 0 Å². The number of amides is 2. The fourth-order valence-electron chi connectivity index (χ4n) is 2.18. The number of carboxylic acids is 1. The highest BCUT2D eigenvalue weighted by Gasteiger charge is 2.26. The molecule has 1 heterocycles. The van der Waals surface area contributed by atoms with Crippen LogP contribution >= 0.6 is 0 Å². The number of piperidine rings is 1. The summed E-state index contributed by atoms with van der Waals surface area (Å²) in [5, 5.41) is 11.6. The summed E-state index contributed by atoms with van der Waals surface area (Å²) in [4.78, 5) is 24.7. The minimum absolute atomic E-state index is 0.208. The van der Waals surface area contributed by atoms with E-state index in [1.165, 1.54) is 0 Å². The van der Waals surface area contributed by atoms with Gasteiger partial charge < -0.3 is 15.3 Å². The Kier molecular flexibility index (Phi) is 5.25. The third-order valence-electron chi connectivity index (χ3n) is 3.24. The molecule has 1 saturated heterocycles. The molecule has 0 radical (unpaired) electrons. The van der Waals surface area contributed by atoms with E-state index >= 15 is 0 Å². The number of carbonyl (C=O) groups is 2. The van der Waals surface area contributed by atoms with Crippen LogP contribution in [0.4, 0.5) is 4.79 Å². The lowest BCUT2D eigenvalue weighted by Crippen LogP contribution is -2.52. The van der Waals surface area contributed by atoms with Crippen molar-refractivity contribution in [2.24, 2.45) is 0 Å². The second-order valence-corrected chi connectivity index (χ2v) is 4.67. The first kappa shape index (κ1) is 13.8. The molecule has 1 aliphatic heterocycles. The SMILES string of the molecule is CCC[C@H](NC(=O)N1CCCCC1C)C(=O)O. The maximum Gasteiger partial charge on any atom is 0.326 e. The number of nitrogens with one attached hydrogen (secondary N) is 1. The van der Waals surface area contributed by atoms with Crippen molar-refractivity contribution in [3.05, 3.63) is 0 Å². The Morgan fingerprint density at radius 3 is 2.71 bits per heavy atom. The third kappa shape index (κ3) is 3.91. The molecular formula is C12H22N2O3. The normalized spacial score (nSPS) is 22.0. The van der Waals surface area contributed by atoms with E-state index in [4.69, 9.17) is 5.11 Å². The van der Waals surface area contributed by atoms with E-state index in [0.29, 0.717) is 6.42 Å². The van der Waals surface area contributed by atoms with Gasteiger partial charge in [-0.15, -0.1) is 0 Å². The second kappa shape index (κ2) is 6.47. The average Bonchev–Trinajstić information content (AvgIpc) is 2.28. The summed E-state index contributed by atoms with van der Waals surface area (Å²) in [7, 11) is 0. The van der Waals surface area contributed by atoms with Crippen LogP contribution in [-0.2, 0) is 4.79 Å². The van der Waals surface area contributed by atoms with Crippen LogP contribution in [0.3, 0.4) is 0 Å². The molecule has 0 aromatic rings. The van der Waals surface area contributed by atoms with Crippen molar-refractivity contribution >= 4 is 12.0 Å². The smallest absolute Gasteiger partial charge is 0.326 e. The van der Waals surface area contributed by atoms with Crippen LogP contribution < -0.4 is 5.32 Å². The molecule has 2 amide bonds. The Morgan fingerprint density at radius 2 is 2.18 bits per heavy atom. The Hall–Kier alpha value is -1.26. The highest BCUT2D eigenvalue weighted by Crippen LogP contribution is 2.16. The van der Waals surface area contributed by atoms with Crippen LogP contribution in [0.2, 0.25) is 0 Å². The van der Waals surface area contributed by atoms with Crippen LogP contribution in [0.25, 0.3) is 0 Å². The first-order chi connectivity index (χ1) is 8.06. The monoisotopic (exact) mass is 242 g/mol. The quantitative estimate of drug-likeness (QED) is 0.790. The molecule has 98 valence electrons. The number of hydrogen-bond acceptors (Lipinski definition) is 2. The maximum atomic E-state index is 11.9. The number of urea groups is 1. The summed E-state index contributed by atoms with van der Waals surface area (Å²) in [6.07, 6.45) is 4.36. The predicted octanol–water partition coefficient (Wildman–Crippen LogP) is 1.82. The zero-order valence-electron chi connectivity index (χ0n) is 10.6. The van der Waals surface area contributed by atoms with Crippen LogP contribution in [-0.4, -0.2) is 40.6 Å². The molecule has 1 unspecified atom stereocenters. The van der Waals surface area contributed by atoms with Gasteiger partial charge in [0.15, 0.2) is 0 Å². The molecule has 0 aromatic heterocycles. The summed E-state index contributed by atoms with van der Waals surface area (Å²) in [5.74, 6) is -0.954. The van der Waals surface area contributed by atoms with Crippen molar-refractivity contribution in [3.8, 4) is 0 Å². The van der Waals surface area contributed by atoms with Crippen molar-refractivity contribution < 1.29 is 14.7 Å². The molecule has 1 fully saturated rings. The number of carboxylic acid groups (broad SMARTS) is 1. The number of hydrogen-bond donors (Lipinski definition) is 2. The Balaban J connectivity index is 2.53. The molecule has 0 saturated carbocycles. The van der Waals surface area contributed by atoms with Crippen molar-refractivity contribution in [3.63, 3.8) is 0 Å². The fraction of sp³-hybridized carbons (Fsp3) is 0.833. The van der Waals surface area contributed by atoms with Gasteiger partial charge in [-0.2, -0.15) is 0 Å². The van der Waals surface area contributed by atoms with Crippen LogP contribution in [0, 0.1) is 0 Å². The second-order valence-electron chi connectivity index (χ2n) is 4.67. The minimum Gasteiger partial charge on any atom is -0.480 e. The minimum atomic E-state index is -0.954. The first-order valence-corrected chi connectivity index (χ1v) is 6.36. The van der Waals surface area contributed by atoms with Crippen molar-refractivity contribution in [2.75, 3.05) is 6.54 Å². The summed E-state index contributed by atoms with van der Waals surface area (Å²) in [6, 6.07) is -0.792. The van der Waals surface area contributed by atoms with E-state index in [-0.39, 0.29) is 12.1 Å². The lowest BCUT2D eigenvalue weighted by atomic mass is 10.0. The molecule has 0 bridgehead atoms. The van der Waals surface area contributed by atoms with E-state index in [0.717, 1.165) is 32.2 Å². The van der Waals surface area contributed by atoms with Crippen LogP contribution in [0.15, 0.2) is 0 Å². The highest BCUT2D eigenvalue weighted by atomic mass is 16.4. The van der Waals surface area contributed by atoms with Gasteiger partial charge in [0.1, 0.15) is 6.04 Å². The largest absolute Gasteiger partial charge is 0.480 e. The van der Waals surface area contributed by atoms with Gasteiger partial charge in [0.2, 0.25) is 0 Å². The fourth-order valence-corrected chi connectivity index (χ4v) is 2.18. The Labute approximate surface area is 102 Å². The maximum absolute atomic E-state index is 11.9. The Morgan fingerprint density at radius 1 is 1.47 bits per heavy atom. The molecule has 2 atom stereocenters. The van der Waals surface area contributed by atoms with E-state index in [1.807, 2.05) is 13.8 Å². The van der Waals surface area contributed by atoms with Gasteiger partial charge >= 0.3 is 12.0 Å². The van der Waals surface area contributed by atoms with Crippen LogP contribution in [0.1, 0.15) is 46.0 Å². The summed E-state index contributed by atoms with van der Waals surface area (Å²) in [5.41, 5.74) is 0. The van der Waals surface area contributed by atoms with Gasteiger partial charge in [0.25, 0.3) is 0 Å². The van der Waals surface area contributed by atoms with Gasteiger partial charge in [0, 0.05) is 12.6 Å². The number of rotatable bonds is 4. The lowest BCUT2D eigenvalue weighted by Gasteiger charge is -2.34. The molecule has 0 aromatic carbocycles. The van der Waals surface area contributed by atoms with E-state index in [9.17, 15) is 9.59 Å². The van der Waals surface area contributed by atoms with E-state index in [2.05, 4.69) is 5.32 Å². The number of aliphatic carboxylic acids is 1. The molecule has 0 aliphatic carbocycles. The Bertz CT molecular complexity index is 281. The zero-order chi connectivity index (χ0) is 12.8. The summed E-state index contributed by atoms with van der Waals surface area (Å²) >= 11 is 0. The summed E-state index contributed by atoms with van der Waals surface area (Å²) in [6.45, 7) is 4.64. The standard InChI is InChI=1S/C12H22N2O3/c1-3-6-10(11(15)16)13-12(17)14-8-5-4-7-9(14)2/h9-10H,3-8H2,1-2H3,(H,13,17)(H,15,16)/t9?,10-/m0/s1. The van der Waals surface area contributed by atoms with Gasteiger partial charge in [-0.1, -0.05) is 13.3 Å². The lowest BCUT2D eigenvalue weighted by molar-refractivity contribution is -0.139. The average molecular weight is 242 g/mol. The third-order valence-corrected chi connectivity index (χ3v) is 3.24. The first-order valence-electron chi connectivity index (χ1n) is 6.36. The predicted molar refractivity (Wildman–Crippen MR) is 64.9 cm³/mol. The highest BCUT2D eigenvalue weighted by molar-refractivity contribution is 5.82. The molecule has 5 heteroatoms. The number of likely N-dealkylation sites (tertiary alicyclic amines) is 1. The van der Waals surface area contributed by atoms with E-state index < -0.39 is 12.0 Å². The topological polar surface area (TPSA) is 69.6 Å². The molecule has 0 spiro atoms. The van der Waals surface area contributed by atoms with Crippen molar-refractivity contribution in [1.29, 1.82) is 0 Å². The van der Waals surface area contributed by atoms with Gasteiger partial charge in [-0.05, 0) is 32.6 Å².